The summed E-state index contributed by atoms with van der Waals surface area (Å²) < 4.78 is 2.00. The molecule has 3 aromatic carbocycles. The normalized spacial score (nSPS) is 16.5. The van der Waals surface area contributed by atoms with Crippen molar-refractivity contribution in [2.75, 3.05) is 11.9 Å². The molecule has 2 aromatic heterocycles. The van der Waals surface area contributed by atoms with Crippen LogP contribution < -0.4 is 10.6 Å². The lowest BCUT2D eigenvalue weighted by Gasteiger charge is -2.28. The Morgan fingerprint density at radius 1 is 1.05 bits per heavy atom. The van der Waals surface area contributed by atoms with Gasteiger partial charge < -0.3 is 25.2 Å². The van der Waals surface area contributed by atoms with Gasteiger partial charge in [-0.15, -0.1) is 0 Å². The van der Waals surface area contributed by atoms with Crippen molar-refractivity contribution in [3.63, 3.8) is 0 Å². The first-order valence-corrected chi connectivity index (χ1v) is 14.5. The topological polar surface area (TPSA) is 82.4 Å². The second-order valence-corrected chi connectivity index (χ2v) is 11.3. The van der Waals surface area contributed by atoms with Crippen molar-refractivity contribution in [2.24, 2.45) is 0 Å². The lowest BCUT2D eigenvalue weighted by molar-refractivity contribution is -0.116. The number of nitrogens with zero attached hydrogens (tertiary/aromatic N) is 3. The third-order valence-corrected chi connectivity index (χ3v) is 8.40. The summed E-state index contributed by atoms with van der Waals surface area (Å²) in [5.74, 6) is 0.0413. The van der Waals surface area contributed by atoms with E-state index in [1.807, 2.05) is 79.1 Å². The second kappa shape index (κ2) is 11.5. The van der Waals surface area contributed by atoms with Crippen LogP contribution in [-0.2, 0) is 4.79 Å². The monoisotopic (exact) mass is 595 g/mol. The molecule has 42 heavy (non-hydrogen) atoms. The van der Waals surface area contributed by atoms with Gasteiger partial charge in [0.1, 0.15) is 5.75 Å². The van der Waals surface area contributed by atoms with Crippen LogP contribution in [0.25, 0.3) is 16.5 Å². The van der Waals surface area contributed by atoms with Gasteiger partial charge in [0.15, 0.2) is 5.11 Å². The molecule has 3 N–H and O–H groups in total. The highest BCUT2D eigenvalue weighted by Gasteiger charge is 2.41. The molecule has 212 valence electrons. The Balaban J connectivity index is 1.33. The largest absolute Gasteiger partial charge is 0.506 e. The molecule has 1 aliphatic rings. The molecule has 3 heterocycles. The van der Waals surface area contributed by atoms with Crippen molar-refractivity contribution < 1.29 is 9.90 Å². The maximum atomic E-state index is 13.2. The fraction of sp³-hybridized carbons (Fsp3) is 0.182. The van der Waals surface area contributed by atoms with Gasteiger partial charge in [-0.3, -0.25) is 9.78 Å². The molecule has 1 aliphatic heterocycles. The quantitative estimate of drug-likeness (QED) is 0.176. The van der Waals surface area contributed by atoms with Crippen molar-refractivity contribution in [3.05, 3.63) is 119 Å². The Hall–Kier alpha value is -4.40. The summed E-state index contributed by atoms with van der Waals surface area (Å²) in [6, 6.07) is 26.3. The van der Waals surface area contributed by atoms with E-state index in [2.05, 4.69) is 26.6 Å². The molecule has 0 saturated carbocycles. The number of pyridine rings is 1. The number of aromatic hydroxyl groups is 1. The van der Waals surface area contributed by atoms with E-state index in [-0.39, 0.29) is 30.2 Å². The summed E-state index contributed by atoms with van der Waals surface area (Å²) in [5, 5.41) is 20.4. The van der Waals surface area contributed by atoms with Gasteiger partial charge in [0.05, 0.1) is 23.5 Å². The Labute approximate surface area is 254 Å². The zero-order valence-electron chi connectivity index (χ0n) is 23.2. The van der Waals surface area contributed by atoms with E-state index in [4.69, 9.17) is 23.8 Å². The van der Waals surface area contributed by atoms with Crippen LogP contribution in [-0.4, -0.2) is 37.1 Å². The van der Waals surface area contributed by atoms with Crippen LogP contribution in [0.4, 0.5) is 5.69 Å². The van der Waals surface area contributed by atoms with E-state index < -0.39 is 0 Å². The number of anilines is 1. The Kier molecular flexibility index (Phi) is 7.58. The highest BCUT2D eigenvalue weighted by Crippen LogP contribution is 2.42. The first-order chi connectivity index (χ1) is 20.3. The first-order valence-electron chi connectivity index (χ1n) is 13.7. The maximum absolute atomic E-state index is 13.2. The Morgan fingerprint density at radius 3 is 2.64 bits per heavy atom. The van der Waals surface area contributed by atoms with Gasteiger partial charge in [0, 0.05) is 46.6 Å². The van der Waals surface area contributed by atoms with E-state index in [0.29, 0.717) is 22.4 Å². The van der Waals surface area contributed by atoms with Gasteiger partial charge in [-0.05, 0) is 79.5 Å². The predicted octanol–water partition coefficient (Wildman–Crippen LogP) is 7.00. The molecule has 7 nitrogen and oxygen atoms in total. The standard InChI is InChI=1S/C33H30ClN5O2S/c1-20-18-25(21(2)39(20)28-19-23(34)13-14-29(28)40)32-31(27-11-5-6-16-35-27)37-33(42)38(32)17-15-30(41)36-26-12-7-9-22-8-3-4-10-24(22)26/h3-14,16,18-19,31-32,40H,15,17H2,1-2H3,(H,36,41)(H,37,42). The summed E-state index contributed by atoms with van der Waals surface area (Å²) in [6.07, 6.45) is 2.01. The fourth-order valence-corrected chi connectivity index (χ4v) is 6.39. The van der Waals surface area contributed by atoms with E-state index >= 15 is 0 Å². The number of nitrogens with one attached hydrogen (secondary N) is 2. The molecule has 0 bridgehead atoms. The minimum absolute atomic E-state index is 0.0940. The van der Waals surface area contributed by atoms with E-state index in [0.717, 1.165) is 39.1 Å². The molecule has 1 amide bonds. The Bertz CT molecular complexity index is 1800. The molecule has 1 saturated heterocycles. The number of thiocarbonyl (C=S) groups is 1. The number of hydrogen-bond donors (Lipinski definition) is 3. The zero-order chi connectivity index (χ0) is 29.4. The van der Waals surface area contributed by atoms with Gasteiger partial charge in [0.25, 0.3) is 0 Å². The summed E-state index contributed by atoms with van der Waals surface area (Å²) in [7, 11) is 0. The van der Waals surface area contributed by atoms with Crippen LogP contribution in [0.15, 0.2) is 91.1 Å². The van der Waals surface area contributed by atoms with E-state index in [9.17, 15) is 9.90 Å². The second-order valence-electron chi connectivity index (χ2n) is 10.4. The minimum Gasteiger partial charge on any atom is -0.506 e. The SMILES string of the molecule is Cc1cc(C2C(c3ccccn3)NC(=S)N2CCC(=O)Nc2cccc3ccccc23)c(C)n1-c1cc(Cl)ccc1O. The number of fused-ring (bicyclic) bond motifs is 1. The average Bonchev–Trinajstić information content (AvgIpc) is 3.47. The molecule has 1 fully saturated rings. The minimum atomic E-state index is -0.237. The van der Waals surface area contributed by atoms with Crippen molar-refractivity contribution in [1.82, 2.24) is 19.8 Å². The number of phenolic OH excluding ortho intramolecular Hbond substituents is 1. The molecule has 5 aromatic rings. The summed E-state index contributed by atoms with van der Waals surface area (Å²) in [4.78, 5) is 19.9. The summed E-state index contributed by atoms with van der Waals surface area (Å²) >= 11 is 12.2. The maximum Gasteiger partial charge on any atom is 0.226 e. The van der Waals surface area contributed by atoms with Gasteiger partial charge in [-0.1, -0.05) is 54.1 Å². The number of rotatable bonds is 7. The molecule has 2 unspecified atom stereocenters. The number of aryl methyl sites for hydroxylation is 1. The van der Waals surface area contributed by atoms with Crippen molar-refractivity contribution in [2.45, 2.75) is 32.4 Å². The highest BCUT2D eigenvalue weighted by molar-refractivity contribution is 7.80. The molecular formula is C33H30ClN5O2S. The number of benzene rings is 3. The summed E-state index contributed by atoms with van der Waals surface area (Å²) in [6.45, 7) is 4.42. The van der Waals surface area contributed by atoms with Gasteiger partial charge in [-0.25, -0.2) is 0 Å². The van der Waals surface area contributed by atoms with E-state index in [1.54, 1.807) is 24.4 Å². The molecule has 9 heteroatoms. The van der Waals surface area contributed by atoms with Crippen molar-refractivity contribution in [1.29, 1.82) is 0 Å². The van der Waals surface area contributed by atoms with E-state index in [1.165, 1.54) is 0 Å². The highest BCUT2D eigenvalue weighted by atomic mass is 35.5. The molecular weight excluding hydrogens is 566 g/mol. The molecule has 0 aliphatic carbocycles. The zero-order valence-corrected chi connectivity index (χ0v) is 24.8. The molecule has 0 radical (unpaired) electrons. The third kappa shape index (κ3) is 5.19. The predicted molar refractivity (Wildman–Crippen MR) is 171 cm³/mol. The van der Waals surface area contributed by atoms with Gasteiger partial charge >= 0.3 is 0 Å². The third-order valence-electron chi connectivity index (χ3n) is 7.81. The number of halogens is 1. The van der Waals surface area contributed by atoms with Crippen LogP contribution in [0.5, 0.6) is 5.75 Å². The number of carbonyl (C=O) groups is 1. The number of carbonyl (C=O) groups excluding carboxylic acids is 1. The molecule has 0 spiro atoms. The smallest absolute Gasteiger partial charge is 0.226 e. The number of phenols is 1. The van der Waals surface area contributed by atoms with Gasteiger partial charge in [0.2, 0.25) is 5.91 Å². The van der Waals surface area contributed by atoms with Crippen LogP contribution in [0.2, 0.25) is 5.02 Å². The fourth-order valence-electron chi connectivity index (χ4n) is 5.89. The molecule has 2 atom stereocenters. The lowest BCUT2D eigenvalue weighted by atomic mass is 9.96. The lowest BCUT2D eigenvalue weighted by Crippen LogP contribution is -2.33. The van der Waals surface area contributed by atoms with Crippen LogP contribution in [0.3, 0.4) is 0 Å². The molecule has 6 rings (SSSR count). The number of aromatic nitrogens is 2. The van der Waals surface area contributed by atoms with Crippen LogP contribution in [0, 0.1) is 13.8 Å². The first kappa shape index (κ1) is 27.8. The van der Waals surface area contributed by atoms with Crippen LogP contribution >= 0.6 is 23.8 Å². The number of hydrogen-bond acceptors (Lipinski definition) is 4. The van der Waals surface area contributed by atoms with Crippen molar-refractivity contribution >= 4 is 51.3 Å². The average molecular weight is 596 g/mol. The van der Waals surface area contributed by atoms with Crippen LogP contribution in [0.1, 0.15) is 41.1 Å². The van der Waals surface area contributed by atoms with Crippen molar-refractivity contribution in [3.8, 4) is 11.4 Å². The Morgan fingerprint density at radius 2 is 1.83 bits per heavy atom. The number of amides is 1. The summed E-state index contributed by atoms with van der Waals surface area (Å²) in [5.41, 5.74) is 5.13. The van der Waals surface area contributed by atoms with Gasteiger partial charge in [-0.2, -0.15) is 0 Å².